The van der Waals surface area contributed by atoms with Crippen LogP contribution in [0.4, 0.5) is 33.6 Å². The number of benzene rings is 2. The summed E-state index contributed by atoms with van der Waals surface area (Å²) in [6.07, 6.45) is -3.64. The van der Waals surface area contributed by atoms with Gasteiger partial charge in [-0.05, 0) is 42.0 Å². The quantitative estimate of drug-likeness (QED) is 0.228. The molecule has 0 aliphatic rings. The average molecular weight is 609 g/mol. The number of sulfonamides is 1. The Bertz CT molecular complexity index is 1600. The number of nitrogens with zero attached hydrogens (tertiary/aromatic N) is 2. The number of carboxylic acid groups (broad SMARTS) is 1. The van der Waals surface area contributed by atoms with E-state index in [-0.39, 0.29) is 28.2 Å². The van der Waals surface area contributed by atoms with E-state index in [4.69, 9.17) is 32.0 Å². The molecule has 0 radical (unpaired) electrons. The second kappa shape index (κ2) is 11.8. The zero-order valence-corrected chi connectivity index (χ0v) is 21.3. The molecule has 0 unspecified atom stereocenters. The van der Waals surface area contributed by atoms with Crippen molar-refractivity contribution in [1.29, 1.82) is 0 Å². The monoisotopic (exact) mass is 608 g/mol. The van der Waals surface area contributed by atoms with Gasteiger partial charge in [-0.2, -0.15) is 13.2 Å². The largest absolute Gasteiger partial charge is 0.490 e. The third-order valence-electron chi connectivity index (χ3n) is 4.44. The van der Waals surface area contributed by atoms with Crippen molar-refractivity contribution < 1.29 is 45.0 Å². The smallest absolute Gasteiger partial charge is 0.475 e. The Morgan fingerprint density at radius 3 is 2.36 bits per heavy atom. The molecule has 0 fully saturated rings. The minimum Gasteiger partial charge on any atom is -0.475 e. The van der Waals surface area contributed by atoms with Crippen molar-refractivity contribution in [2.24, 2.45) is 0 Å². The van der Waals surface area contributed by atoms with Crippen molar-refractivity contribution >= 4 is 50.6 Å². The molecule has 0 aliphatic heterocycles. The van der Waals surface area contributed by atoms with Crippen LogP contribution in [0.5, 0.6) is 11.5 Å². The van der Waals surface area contributed by atoms with Crippen molar-refractivity contribution in [3.63, 3.8) is 0 Å². The number of nitrogens with two attached hydrogens (primary N) is 1. The summed E-state index contributed by atoms with van der Waals surface area (Å²) in [5.74, 6) is -4.13. The van der Waals surface area contributed by atoms with Gasteiger partial charge in [-0.3, -0.25) is 4.72 Å². The van der Waals surface area contributed by atoms with E-state index in [1.165, 1.54) is 46.6 Å². The Balaban J connectivity index is 0.000000532. The van der Waals surface area contributed by atoms with Gasteiger partial charge in [0.05, 0.1) is 10.5 Å². The van der Waals surface area contributed by atoms with Crippen LogP contribution in [0.15, 0.2) is 64.4 Å². The fraction of sp³-hybridized carbons (Fsp3) is 0.0455. The van der Waals surface area contributed by atoms with Crippen LogP contribution >= 0.6 is 22.9 Å². The van der Waals surface area contributed by atoms with Crippen molar-refractivity contribution in [2.75, 3.05) is 10.5 Å². The van der Waals surface area contributed by atoms with Crippen LogP contribution in [0, 0.1) is 11.6 Å². The standard InChI is InChI=1S/C20H13ClF2N4O3S2.C2HF3O2/c21-14-7-18(32(28,29)27-20-9-31-10-26-20)15(23)8-17(14)30-16-2-1-12(22)6-13(16)11-3-4-25-19(24)5-11;3-2(4,5)1(6)7/h1-10,27H,(H2,24,25);(H,6,7). The van der Waals surface area contributed by atoms with Gasteiger partial charge in [0.25, 0.3) is 10.0 Å². The molecule has 4 N–H and O–H groups in total. The Morgan fingerprint density at radius 1 is 1.08 bits per heavy atom. The Labute approximate surface area is 225 Å². The molecule has 2 heterocycles. The van der Waals surface area contributed by atoms with Crippen LogP contribution in [-0.2, 0) is 14.8 Å². The molecule has 9 nitrogen and oxygen atoms in total. The number of ether oxygens (including phenoxy) is 1. The highest BCUT2D eigenvalue weighted by Crippen LogP contribution is 2.38. The van der Waals surface area contributed by atoms with Crippen LogP contribution < -0.4 is 15.2 Å². The molecule has 206 valence electrons. The number of alkyl halides is 3. The maximum absolute atomic E-state index is 14.7. The maximum Gasteiger partial charge on any atom is 0.490 e. The summed E-state index contributed by atoms with van der Waals surface area (Å²) < 4.78 is 93.3. The summed E-state index contributed by atoms with van der Waals surface area (Å²) in [5, 5.41) is 8.41. The molecule has 17 heteroatoms. The lowest BCUT2D eigenvalue weighted by molar-refractivity contribution is -0.192. The molecule has 0 bridgehead atoms. The number of aromatic nitrogens is 2. The van der Waals surface area contributed by atoms with Gasteiger partial charge in [0.1, 0.15) is 33.8 Å². The Hall–Kier alpha value is -4.02. The maximum atomic E-state index is 14.7. The molecule has 2 aromatic heterocycles. The number of carbonyl (C=O) groups is 1. The lowest BCUT2D eigenvalue weighted by Gasteiger charge is -2.14. The molecule has 4 rings (SSSR count). The minimum atomic E-state index is -5.08. The number of aliphatic carboxylic acids is 1. The highest BCUT2D eigenvalue weighted by molar-refractivity contribution is 7.92. The number of nitrogen functional groups attached to an aromatic ring is 1. The van der Waals surface area contributed by atoms with Crippen LogP contribution in [0.2, 0.25) is 5.02 Å². The Morgan fingerprint density at radius 2 is 1.77 bits per heavy atom. The lowest BCUT2D eigenvalue weighted by Crippen LogP contribution is -2.21. The van der Waals surface area contributed by atoms with E-state index in [9.17, 15) is 30.4 Å². The first-order valence-corrected chi connectivity index (χ1v) is 12.9. The van der Waals surface area contributed by atoms with Crippen LogP contribution in [0.25, 0.3) is 11.1 Å². The molecule has 39 heavy (non-hydrogen) atoms. The second-order valence-electron chi connectivity index (χ2n) is 7.21. The molecular weight excluding hydrogens is 595 g/mol. The zero-order valence-electron chi connectivity index (χ0n) is 18.9. The zero-order chi connectivity index (χ0) is 29.0. The number of rotatable bonds is 6. The minimum absolute atomic E-state index is 0.0541. The molecule has 0 atom stereocenters. The number of carboxylic acids is 1. The summed E-state index contributed by atoms with van der Waals surface area (Å²) in [4.78, 5) is 15.9. The third-order valence-corrected chi connectivity index (χ3v) is 6.69. The van der Waals surface area contributed by atoms with Crippen molar-refractivity contribution in [1.82, 2.24) is 9.97 Å². The SMILES string of the molecule is Nc1cc(-c2cc(F)ccc2Oc2cc(F)c(S(=O)(=O)Nc3cscn3)cc2Cl)ccn1.O=C(O)C(F)(F)F. The molecule has 0 saturated carbocycles. The highest BCUT2D eigenvalue weighted by Gasteiger charge is 2.38. The van der Waals surface area contributed by atoms with Gasteiger partial charge in [0, 0.05) is 23.2 Å². The number of pyridine rings is 1. The molecule has 0 aliphatic carbocycles. The van der Waals surface area contributed by atoms with Gasteiger partial charge in [-0.15, -0.1) is 11.3 Å². The van der Waals surface area contributed by atoms with Gasteiger partial charge in [0.2, 0.25) is 0 Å². The number of hydrogen-bond donors (Lipinski definition) is 3. The van der Waals surface area contributed by atoms with Crippen molar-refractivity contribution in [3.05, 3.63) is 76.2 Å². The first kappa shape index (κ1) is 29.5. The van der Waals surface area contributed by atoms with Crippen LogP contribution in [0.1, 0.15) is 0 Å². The second-order valence-corrected chi connectivity index (χ2v) is 9.98. The fourth-order valence-corrected chi connectivity index (χ4v) is 4.71. The van der Waals surface area contributed by atoms with E-state index in [0.717, 1.165) is 18.2 Å². The van der Waals surface area contributed by atoms with Crippen LogP contribution in [-0.4, -0.2) is 35.6 Å². The predicted molar refractivity (Wildman–Crippen MR) is 132 cm³/mol. The highest BCUT2D eigenvalue weighted by atomic mass is 35.5. The summed E-state index contributed by atoms with van der Waals surface area (Å²) in [6.45, 7) is 0. The molecular formula is C22H14ClF5N4O5S2. The van der Waals surface area contributed by atoms with Gasteiger partial charge >= 0.3 is 12.1 Å². The molecule has 0 spiro atoms. The molecule has 0 amide bonds. The first-order chi connectivity index (χ1) is 18.2. The van der Waals surface area contributed by atoms with E-state index in [1.807, 2.05) is 0 Å². The number of hydrogen-bond acceptors (Lipinski definition) is 8. The molecule has 2 aromatic carbocycles. The number of thiazole rings is 1. The topological polar surface area (TPSA) is 144 Å². The predicted octanol–water partition coefficient (Wildman–Crippen LogP) is 5.95. The van der Waals surface area contributed by atoms with Gasteiger partial charge in [-0.25, -0.2) is 32.0 Å². The Kier molecular flexibility index (Phi) is 8.93. The molecule has 0 saturated heterocycles. The first-order valence-electron chi connectivity index (χ1n) is 10.1. The number of anilines is 2. The number of nitrogens with one attached hydrogen (secondary N) is 1. The normalized spacial score (nSPS) is 11.3. The van der Waals surface area contributed by atoms with Gasteiger partial charge in [0.15, 0.2) is 5.82 Å². The lowest BCUT2D eigenvalue weighted by atomic mass is 10.1. The van der Waals surface area contributed by atoms with E-state index in [0.29, 0.717) is 11.1 Å². The van der Waals surface area contributed by atoms with Crippen molar-refractivity contribution in [2.45, 2.75) is 11.1 Å². The summed E-state index contributed by atoms with van der Waals surface area (Å²) in [5.41, 5.74) is 7.96. The van der Waals surface area contributed by atoms with E-state index in [1.54, 1.807) is 6.07 Å². The summed E-state index contributed by atoms with van der Waals surface area (Å²) >= 11 is 7.36. The average Bonchev–Trinajstić information content (AvgIpc) is 3.34. The van der Waals surface area contributed by atoms with E-state index >= 15 is 0 Å². The van der Waals surface area contributed by atoms with Crippen molar-refractivity contribution in [3.8, 4) is 22.6 Å². The van der Waals surface area contributed by atoms with Gasteiger partial charge < -0.3 is 15.6 Å². The van der Waals surface area contributed by atoms with E-state index < -0.39 is 38.7 Å². The number of halogens is 6. The summed E-state index contributed by atoms with van der Waals surface area (Å²) in [6, 6.07) is 8.59. The van der Waals surface area contributed by atoms with E-state index in [2.05, 4.69) is 14.7 Å². The molecule has 4 aromatic rings. The third kappa shape index (κ3) is 7.75. The fourth-order valence-electron chi connectivity index (χ4n) is 2.80. The van der Waals surface area contributed by atoms with Gasteiger partial charge in [-0.1, -0.05) is 11.6 Å². The van der Waals surface area contributed by atoms with Crippen LogP contribution in [0.3, 0.4) is 0 Å². The summed E-state index contributed by atoms with van der Waals surface area (Å²) in [7, 11) is -4.28.